The molecule has 0 spiro atoms. The van der Waals surface area contributed by atoms with Gasteiger partial charge in [0.05, 0.1) is 0 Å². The first-order valence-electron chi connectivity index (χ1n) is 6.31. The van der Waals surface area contributed by atoms with Crippen molar-refractivity contribution in [3.05, 3.63) is 59.5 Å². The molecule has 1 heterocycles. The van der Waals surface area contributed by atoms with Crippen molar-refractivity contribution in [2.75, 3.05) is 0 Å². The molecule has 0 radical (unpaired) electrons. The molecule has 2 nitrogen and oxygen atoms in total. The molecule has 4 aromatic rings. The lowest BCUT2D eigenvalue weighted by Gasteiger charge is -2.03. The lowest BCUT2D eigenvalue weighted by atomic mass is 10.0. The number of benzene rings is 3. The van der Waals surface area contributed by atoms with Gasteiger partial charge in [-0.3, -0.25) is 0 Å². The fourth-order valence-electron chi connectivity index (χ4n) is 2.64. The van der Waals surface area contributed by atoms with E-state index < -0.39 is 5.97 Å². The van der Waals surface area contributed by atoms with Crippen molar-refractivity contribution >= 4 is 48.9 Å². The summed E-state index contributed by atoms with van der Waals surface area (Å²) in [5.41, 5.74) is 0. The van der Waals surface area contributed by atoms with E-state index in [1.165, 1.54) is 22.1 Å². The molecule has 3 heteroatoms. The number of carboxylic acids is 1. The second-order valence-corrected chi connectivity index (χ2v) is 5.90. The second-order valence-electron chi connectivity index (χ2n) is 4.81. The largest absolute Gasteiger partial charge is 0.477 e. The molecule has 0 saturated carbocycles. The van der Waals surface area contributed by atoms with Gasteiger partial charge in [-0.05, 0) is 45.8 Å². The minimum Gasteiger partial charge on any atom is -0.477 e. The van der Waals surface area contributed by atoms with Gasteiger partial charge in [0.25, 0.3) is 0 Å². The molecule has 0 unspecified atom stereocenters. The Morgan fingerprint density at radius 1 is 0.850 bits per heavy atom. The molecule has 3 aromatic carbocycles. The second kappa shape index (κ2) is 4.05. The first-order chi connectivity index (χ1) is 9.72. The van der Waals surface area contributed by atoms with Crippen LogP contribution in [-0.2, 0) is 0 Å². The van der Waals surface area contributed by atoms with Crippen LogP contribution in [0.5, 0.6) is 0 Å². The number of rotatable bonds is 1. The highest BCUT2D eigenvalue weighted by Crippen LogP contribution is 2.34. The molecule has 0 atom stereocenters. The summed E-state index contributed by atoms with van der Waals surface area (Å²) in [5, 5.41) is 14.8. The zero-order valence-corrected chi connectivity index (χ0v) is 11.3. The van der Waals surface area contributed by atoms with Crippen LogP contribution in [0, 0.1) is 0 Å². The predicted molar refractivity (Wildman–Crippen MR) is 83.8 cm³/mol. The highest BCUT2D eigenvalue weighted by atomic mass is 32.1. The molecular weight excluding hydrogens is 268 g/mol. The smallest absolute Gasteiger partial charge is 0.345 e. The SMILES string of the molecule is O=C(O)c1cc2c(ccc3cc4ccccc4cc32)s1. The third kappa shape index (κ3) is 1.60. The van der Waals surface area contributed by atoms with E-state index in [9.17, 15) is 4.79 Å². The maximum Gasteiger partial charge on any atom is 0.345 e. The number of carbonyl (C=O) groups is 1. The summed E-state index contributed by atoms with van der Waals surface area (Å²) in [4.78, 5) is 11.5. The quantitative estimate of drug-likeness (QED) is 0.502. The Bertz CT molecular complexity index is 982. The Hall–Kier alpha value is -2.39. The van der Waals surface area contributed by atoms with E-state index in [0.29, 0.717) is 4.88 Å². The van der Waals surface area contributed by atoms with Gasteiger partial charge in [0.2, 0.25) is 0 Å². The lowest BCUT2D eigenvalue weighted by molar-refractivity contribution is 0.0702. The Kier molecular flexibility index (Phi) is 2.32. The number of aromatic carboxylic acids is 1. The van der Waals surface area contributed by atoms with Crippen molar-refractivity contribution < 1.29 is 9.90 Å². The van der Waals surface area contributed by atoms with Gasteiger partial charge in [-0.15, -0.1) is 11.3 Å². The van der Waals surface area contributed by atoms with Crippen molar-refractivity contribution in [2.24, 2.45) is 0 Å². The van der Waals surface area contributed by atoms with Crippen LogP contribution in [0.4, 0.5) is 0 Å². The van der Waals surface area contributed by atoms with E-state index in [4.69, 9.17) is 5.11 Å². The number of hydrogen-bond donors (Lipinski definition) is 1. The Morgan fingerprint density at radius 2 is 1.60 bits per heavy atom. The summed E-state index contributed by atoms with van der Waals surface area (Å²) in [6.45, 7) is 0. The van der Waals surface area contributed by atoms with E-state index >= 15 is 0 Å². The standard InChI is InChI=1S/C17H10O2S/c18-17(19)16-9-14-13-8-11-4-2-1-3-10(11)7-12(13)5-6-15(14)20-16/h1-9H,(H,18,19). The molecule has 0 amide bonds. The molecule has 1 N–H and O–H groups in total. The van der Waals surface area contributed by atoms with Crippen LogP contribution in [0.25, 0.3) is 31.6 Å². The minimum absolute atomic E-state index is 0.389. The van der Waals surface area contributed by atoms with Crippen LogP contribution < -0.4 is 0 Å². The molecule has 4 rings (SSSR count). The van der Waals surface area contributed by atoms with Crippen LogP contribution >= 0.6 is 11.3 Å². The maximum absolute atomic E-state index is 11.1. The van der Waals surface area contributed by atoms with Crippen molar-refractivity contribution in [3.63, 3.8) is 0 Å². The van der Waals surface area contributed by atoms with E-state index in [0.717, 1.165) is 20.9 Å². The molecule has 0 aliphatic carbocycles. The Labute approximate surface area is 118 Å². The van der Waals surface area contributed by atoms with Crippen LogP contribution in [0.15, 0.2) is 54.6 Å². The summed E-state index contributed by atoms with van der Waals surface area (Å²) in [6.07, 6.45) is 0. The predicted octanol–water partition coefficient (Wildman–Crippen LogP) is 4.91. The summed E-state index contributed by atoms with van der Waals surface area (Å²) >= 11 is 1.33. The van der Waals surface area contributed by atoms with Crippen LogP contribution in [-0.4, -0.2) is 11.1 Å². The number of carboxylic acid groups (broad SMARTS) is 1. The van der Waals surface area contributed by atoms with Gasteiger partial charge in [0.1, 0.15) is 4.88 Å². The number of hydrogen-bond acceptors (Lipinski definition) is 2. The molecular formula is C17H10O2S. The zero-order chi connectivity index (χ0) is 13.7. The summed E-state index contributed by atoms with van der Waals surface area (Å²) in [6, 6.07) is 18.4. The molecule has 0 aliphatic rings. The van der Waals surface area contributed by atoms with Crippen LogP contribution in [0.2, 0.25) is 0 Å². The molecule has 0 bridgehead atoms. The van der Waals surface area contributed by atoms with Crippen molar-refractivity contribution in [1.82, 2.24) is 0 Å². The third-order valence-electron chi connectivity index (χ3n) is 3.59. The summed E-state index contributed by atoms with van der Waals surface area (Å²) < 4.78 is 1.02. The molecule has 0 fully saturated rings. The van der Waals surface area contributed by atoms with Crippen LogP contribution in [0.3, 0.4) is 0 Å². The number of fused-ring (bicyclic) bond motifs is 4. The fourth-order valence-corrected chi connectivity index (χ4v) is 3.56. The summed E-state index contributed by atoms with van der Waals surface area (Å²) in [5.74, 6) is -0.861. The molecule has 1 aromatic heterocycles. The van der Waals surface area contributed by atoms with Gasteiger partial charge in [-0.1, -0.05) is 30.3 Å². The van der Waals surface area contributed by atoms with Crippen molar-refractivity contribution in [3.8, 4) is 0 Å². The topological polar surface area (TPSA) is 37.3 Å². The Morgan fingerprint density at radius 3 is 2.35 bits per heavy atom. The van der Waals surface area contributed by atoms with Gasteiger partial charge >= 0.3 is 5.97 Å². The first-order valence-corrected chi connectivity index (χ1v) is 7.12. The van der Waals surface area contributed by atoms with Gasteiger partial charge in [-0.25, -0.2) is 4.79 Å². The molecule has 20 heavy (non-hydrogen) atoms. The van der Waals surface area contributed by atoms with Crippen LogP contribution in [0.1, 0.15) is 9.67 Å². The molecule has 96 valence electrons. The van der Waals surface area contributed by atoms with E-state index in [1.54, 1.807) is 6.07 Å². The third-order valence-corrected chi connectivity index (χ3v) is 4.68. The van der Waals surface area contributed by atoms with Gasteiger partial charge < -0.3 is 5.11 Å². The van der Waals surface area contributed by atoms with E-state index in [1.807, 2.05) is 18.2 Å². The number of thiophene rings is 1. The fraction of sp³-hybridized carbons (Fsp3) is 0. The minimum atomic E-state index is -0.861. The molecule has 0 saturated heterocycles. The van der Waals surface area contributed by atoms with Crippen molar-refractivity contribution in [2.45, 2.75) is 0 Å². The molecule has 0 aliphatic heterocycles. The average molecular weight is 278 g/mol. The van der Waals surface area contributed by atoms with E-state index in [-0.39, 0.29) is 0 Å². The van der Waals surface area contributed by atoms with Gasteiger partial charge in [0, 0.05) is 10.1 Å². The summed E-state index contributed by atoms with van der Waals surface area (Å²) in [7, 11) is 0. The normalized spacial score (nSPS) is 11.4. The zero-order valence-electron chi connectivity index (χ0n) is 10.5. The monoisotopic (exact) mass is 278 g/mol. The van der Waals surface area contributed by atoms with Gasteiger partial charge in [-0.2, -0.15) is 0 Å². The highest BCUT2D eigenvalue weighted by molar-refractivity contribution is 7.20. The van der Waals surface area contributed by atoms with E-state index in [2.05, 4.69) is 30.3 Å². The van der Waals surface area contributed by atoms with Crippen molar-refractivity contribution in [1.29, 1.82) is 0 Å². The Balaban J connectivity index is 2.16. The maximum atomic E-state index is 11.1. The first kappa shape index (κ1) is 11.4. The average Bonchev–Trinajstić information content (AvgIpc) is 2.90. The highest BCUT2D eigenvalue weighted by Gasteiger charge is 2.11. The lowest BCUT2D eigenvalue weighted by Crippen LogP contribution is -1.89. The van der Waals surface area contributed by atoms with Gasteiger partial charge in [0.15, 0.2) is 0 Å².